The normalized spacial score (nSPS) is 11.5. The SMILES string of the molecule is COc1cc(/C=C(\C#N)C(=O)c2ccc(C(C)(C)C)cc2)cc(OC)c1OC. The van der Waals surface area contributed by atoms with E-state index >= 15 is 0 Å². The van der Waals surface area contributed by atoms with Crippen molar-refractivity contribution in [1.82, 2.24) is 0 Å². The molecule has 0 unspecified atom stereocenters. The molecular formula is C23H25NO4. The van der Waals surface area contributed by atoms with Gasteiger partial charge in [-0.05, 0) is 34.8 Å². The third-order valence-corrected chi connectivity index (χ3v) is 4.38. The maximum Gasteiger partial charge on any atom is 0.203 e. The number of hydrogen-bond donors (Lipinski definition) is 0. The van der Waals surface area contributed by atoms with Crippen molar-refractivity contribution in [3.8, 4) is 23.3 Å². The summed E-state index contributed by atoms with van der Waals surface area (Å²) < 4.78 is 15.9. The second-order valence-corrected chi connectivity index (χ2v) is 7.28. The van der Waals surface area contributed by atoms with Crippen LogP contribution < -0.4 is 14.2 Å². The number of nitrogens with zero attached hydrogens (tertiary/aromatic N) is 1. The summed E-state index contributed by atoms with van der Waals surface area (Å²) in [6.07, 6.45) is 1.52. The highest BCUT2D eigenvalue weighted by Crippen LogP contribution is 2.38. The number of ether oxygens (including phenoxy) is 3. The van der Waals surface area contributed by atoms with E-state index in [0.29, 0.717) is 28.4 Å². The fourth-order valence-electron chi connectivity index (χ4n) is 2.78. The first-order valence-electron chi connectivity index (χ1n) is 8.82. The lowest BCUT2D eigenvalue weighted by atomic mass is 9.86. The summed E-state index contributed by atoms with van der Waals surface area (Å²) >= 11 is 0. The maximum atomic E-state index is 12.8. The summed E-state index contributed by atoms with van der Waals surface area (Å²) in [6, 6.07) is 12.7. The molecule has 0 aliphatic carbocycles. The molecule has 5 nitrogen and oxygen atoms in total. The van der Waals surface area contributed by atoms with Gasteiger partial charge >= 0.3 is 0 Å². The van der Waals surface area contributed by atoms with E-state index in [4.69, 9.17) is 14.2 Å². The summed E-state index contributed by atoms with van der Waals surface area (Å²) in [6.45, 7) is 6.32. The molecule has 0 fully saturated rings. The second-order valence-electron chi connectivity index (χ2n) is 7.28. The van der Waals surface area contributed by atoms with E-state index in [1.54, 1.807) is 24.3 Å². The zero-order valence-electron chi connectivity index (χ0n) is 17.1. The highest BCUT2D eigenvalue weighted by atomic mass is 16.5. The number of methoxy groups -OCH3 is 3. The maximum absolute atomic E-state index is 12.8. The number of nitriles is 1. The van der Waals surface area contributed by atoms with Gasteiger partial charge in [0, 0.05) is 5.56 Å². The molecule has 0 aliphatic heterocycles. The van der Waals surface area contributed by atoms with E-state index < -0.39 is 0 Å². The predicted octanol–water partition coefficient (Wildman–Crippen LogP) is 4.80. The molecule has 0 amide bonds. The molecule has 0 spiro atoms. The molecule has 0 saturated heterocycles. The highest BCUT2D eigenvalue weighted by molar-refractivity contribution is 6.14. The van der Waals surface area contributed by atoms with Crippen molar-refractivity contribution in [2.24, 2.45) is 0 Å². The first-order valence-corrected chi connectivity index (χ1v) is 8.82. The summed E-state index contributed by atoms with van der Waals surface area (Å²) in [4.78, 5) is 12.8. The van der Waals surface area contributed by atoms with Crippen LogP contribution in [0.15, 0.2) is 42.0 Å². The summed E-state index contributed by atoms with van der Waals surface area (Å²) in [5.41, 5.74) is 2.21. The molecule has 0 aromatic heterocycles. The number of rotatable bonds is 6. The first-order chi connectivity index (χ1) is 13.2. The number of benzene rings is 2. The van der Waals surface area contributed by atoms with Crippen LogP contribution in [-0.4, -0.2) is 27.1 Å². The average molecular weight is 379 g/mol. The molecule has 0 N–H and O–H groups in total. The summed E-state index contributed by atoms with van der Waals surface area (Å²) in [5, 5.41) is 9.53. The number of allylic oxidation sites excluding steroid dienone is 1. The summed E-state index contributed by atoms with van der Waals surface area (Å²) in [7, 11) is 4.54. The van der Waals surface area contributed by atoms with E-state index in [1.165, 1.54) is 27.4 Å². The van der Waals surface area contributed by atoms with Gasteiger partial charge in [-0.3, -0.25) is 4.79 Å². The molecule has 0 heterocycles. The molecule has 5 heteroatoms. The van der Waals surface area contributed by atoms with Gasteiger partial charge < -0.3 is 14.2 Å². The molecule has 0 atom stereocenters. The van der Waals surface area contributed by atoms with E-state index in [0.717, 1.165) is 5.56 Å². The average Bonchev–Trinajstić information content (AvgIpc) is 2.69. The first kappa shape index (κ1) is 21.0. The third-order valence-electron chi connectivity index (χ3n) is 4.38. The van der Waals surface area contributed by atoms with Gasteiger partial charge in [-0.25, -0.2) is 0 Å². The van der Waals surface area contributed by atoms with E-state index in [1.807, 2.05) is 18.2 Å². The molecular weight excluding hydrogens is 354 g/mol. The number of Topliss-reactive ketones (excluding diaryl/α,β-unsaturated/α-hetero) is 1. The fourth-order valence-corrected chi connectivity index (χ4v) is 2.78. The van der Waals surface area contributed by atoms with Crippen molar-refractivity contribution in [2.75, 3.05) is 21.3 Å². The Kier molecular flexibility index (Phi) is 6.48. The van der Waals surface area contributed by atoms with Crippen LogP contribution in [0.4, 0.5) is 0 Å². The molecule has 0 saturated carbocycles. The fraction of sp³-hybridized carbons (Fsp3) is 0.304. The van der Waals surface area contributed by atoms with Crippen molar-refractivity contribution in [3.05, 3.63) is 58.7 Å². The molecule has 0 radical (unpaired) electrons. The van der Waals surface area contributed by atoms with Crippen LogP contribution >= 0.6 is 0 Å². The van der Waals surface area contributed by atoms with Gasteiger partial charge in [0.2, 0.25) is 11.5 Å². The smallest absolute Gasteiger partial charge is 0.203 e. The lowest BCUT2D eigenvalue weighted by Gasteiger charge is -2.18. The lowest BCUT2D eigenvalue weighted by molar-refractivity contribution is 0.104. The molecule has 146 valence electrons. The zero-order valence-corrected chi connectivity index (χ0v) is 17.1. The Morgan fingerprint density at radius 1 is 0.964 bits per heavy atom. The van der Waals surface area contributed by atoms with Crippen LogP contribution in [0.25, 0.3) is 6.08 Å². The van der Waals surface area contributed by atoms with Gasteiger partial charge in [-0.1, -0.05) is 45.0 Å². The Balaban J connectivity index is 2.43. The Morgan fingerprint density at radius 2 is 1.50 bits per heavy atom. The molecule has 0 bridgehead atoms. The van der Waals surface area contributed by atoms with E-state index in [2.05, 4.69) is 20.8 Å². The van der Waals surface area contributed by atoms with Crippen LogP contribution in [-0.2, 0) is 5.41 Å². The number of carbonyl (C=O) groups is 1. The summed E-state index contributed by atoms with van der Waals surface area (Å²) in [5.74, 6) is 1.02. The van der Waals surface area contributed by atoms with Crippen molar-refractivity contribution >= 4 is 11.9 Å². The standard InChI is InChI=1S/C23H25NO4/c1-23(2,3)18-9-7-16(8-10-18)21(25)17(14-24)11-15-12-19(26-4)22(28-6)20(13-15)27-5/h7-13H,1-6H3/b17-11+. The molecule has 0 aliphatic rings. The number of ketones is 1. The van der Waals surface area contributed by atoms with Crippen molar-refractivity contribution < 1.29 is 19.0 Å². The quantitative estimate of drug-likeness (QED) is 0.410. The Morgan fingerprint density at radius 3 is 1.89 bits per heavy atom. The minimum atomic E-state index is -0.336. The number of hydrogen-bond acceptors (Lipinski definition) is 5. The third kappa shape index (κ3) is 4.52. The van der Waals surface area contributed by atoms with Gasteiger partial charge in [0.05, 0.1) is 21.3 Å². The van der Waals surface area contributed by atoms with Crippen molar-refractivity contribution in [1.29, 1.82) is 5.26 Å². The van der Waals surface area contributed by atoms with Gasteiger partial charge in [0.25, 0.3) is 0 Å². The van der Waals surface area contributed by atoms with E-state index in [-0.39, 0.29) is 16.8 Å². The second kappa shape index (κ2) is 8.62. The monoisotopic (exact) mass is 379 g/mol. The van der Waals surface area contributed by atoms with Crippen LogP contribution in [0.2, 0.25) is 0 Å². The van der Waals surface area contributed by atoms with Crippen LogP contribution in [0, 0.1) is 11.3 Å². The van der Waals surface area contributed by atoms with E-state index in [9.17, 15) is 10.1 Å². The Hall–Kier alpha value is -3.26. The molecule has 28 heavy (non-hydrogen) atoms. The van der Waals surface area contributed by atoms with Crippen LogP contribution in [0.3, 0.4) is 0 Å². The molecule has 2 rings (SSSR count). The van der Waals surface area contributed by atoms with Gasteiger partial charge in [-0.15, -0.1) is 0 Å². The zero-order chi connectivity index (χ0) is 20.9. The lowest BCUT2D eigenvalue weighted by Crippen LogP contribution is -2.11. The van der Waals surface area contributed by atoms with Crippen LogP contribution in [0.5, 0.6) is 17.2 Å². The van der Waals surface area contributed by atoms with Crippen molar-refractivity contribution in [3.63, 3.8) is 0 Å². The Bertz CT molecular complexity index is 904. The minimum absolute atomic E-state index is 0.00826. The van der Waals surface area contributed by atoms with Gasteiger partial charge in [0.15, 0.2) is 11.5 Å². The van der Waals surface area contributed by atoms with Crippen molar-refractivity contribution in [2.45, 2.75) is 26.2 Å². The van der Waals surface area contributed by atoms with Gasteiger partial charge in [0.1, 0.15) is 11.6 Å². The highest BCUT2D eigenvalue weighted by Gasteiger charge is 2.18. The molecule has 2 aromatic carbocycles. The predicted molar refractivity (Wildman–Crippen MR) is 109 cm³/mol. The minimum Gasteiger partial charge on any atom is -0.493 e. The molecule has 2 aromatic rings. The number of carbonyl (C=O) groups excluding carboxylic acids is 1. The topological polar surface area (TPSA) is 68.5 Å². The Labute approximate surface area is 166 Å². The largest absolute Gasteiger partial charge is 0.493 e. The van der Waals surface area contributed by atoms with Crippen LogP contribution in [0.1, 0.15) is 42.3 Å². The van der Waals surface area contributed by atoms with Gasteiger partial charge in [-0.2, -0.15) is 5.26 Å².